The van der Waals surface area contributed by atoms with E-state index in [0.717, 1.165) is 16.4 Å². The van der Waals surface area contributed by atoms with Gasteiger partial charge in [-0.25, -0.2) is 4.79 Å². The van der Waals surface area contributed by atoms with Crippen LogP contribution in [-0.4, -0.2) is 49.9 Å². The number of fused-ring (bicyclic) bond motifs is 1. The summed E-state index contributed by atoms with van der Waals surface area (Å²) in [5.74, 6) is 0.206. The van der Waals surface area contributed by atoms with E-state index in [1.807, 2.05) is 28.8 Å². The van der Waals surface area contributed by atoms with Crippen molar-refractivity contribution in [3.8, 4) is 0 Å². The monoisotopic (exact) mass is 440 g/mol. The molecule has 10 heteroatoms. The number of rotatable bonds is 8. The van der Waals surface area contributed by atoms with E-state index in [1.54, 1.807) is 24.3 Å². The Bertz CT molecular complexity index is 1130. The molecule has 160 valence electrons. The first-order chi connectivity index (χ1) is 15.0. The maximum atomic E-state index is 12.6. The largest absolute Gasteiger partial charge is 0.356 e. The van der Waals surface area contributed by atoms with Crippen molar-refractivity contribution in [2.45, 2.75) is 31.8 Å². The number of urea groups is 1. The first kappa shape index (κ1) is 20.8. The number of carbonyl (C=O) groups excluding carboxylic acids is 3. The fourth-order valence-electron chi connectivity index (χ4n) is 3.46. The van der Waals surface area contributed by atoms with E-state index < -0.39 is 12.1 Å². The van der Waals surface area contributed by atoms with Crippen LogP contribution in [0.3, 0.4) is 0 Å². The Kier molecular flexibility index (Phi) is 6.13. The highest BCUT2D eigenvalue weighted by Gasteiger charge is 2.38. The van der Waals surface area contributed by atoms with E-state index in [4.69, 9.17) is 11.6 Å². The zero-order valence-electron chi connectivity index (χ0n) is 16.6. The van der Waals surface area contributed by atoms with Gasteiger partial charge in [-0.2, -0.15) is 0 Å². The molecule has 2 N–H and O–H groups in total. The van der Waals surface area contributed by atoms with Crippen molar-refractivity contribution in [3.05, 3.63) is 65.1 Å². The summed E-state index contributed by atoms with van der Waals surface area (Å²) in [6.07, 6.45) is 2.75. The van der Waals surface area contributed by atoms with Gasteiger partial charge in [-0.05, 0) is 30.2 Å². The number of halogens is 1. The summed E-state index contributed by atoms with van der Waals surface area (Å²) in [6.45, 7) is 0.497. The second-order valence-electron chi connectivity index (χ2n) is 7.20. The number of imide groups is 1. The van der Waals surface area contributed by atoms with Gasteiger partial charge in [-0.15, -0.1) is 10.2 Å². The molecule has 4 amide bonds. The molecule has 1 aliphatic rings. The van der Waals surface area contributed by atoms with Gasteiger partial charge in [0.25, 0.3) is 5.91 Å². The van der Waals surface area contributed by atoms with Crippen molar-refractivity contribution >= 4 is 35.1 Å². The van der Waals surface area contributed by atoms with Gasteiger partial charge in [0.05, 0.1) is 6.54 Å². The number of pyridine rings is 1. The summed E-state index contributed by atoms with van der Waals surface area (Å²) in [7, 11) is 0. The molecule has 1 aliphatic heterocycles. The van der Waals surface area contributed by atoms with E-state index in [-0.39, 0.29) is 31.2 Å². The first-order valence-corrected chi connectivity index (χ1v) is 10.3. The Labute approximate surface area is 183 Å². The number of nitrogens with one attached hydrogen (secondary N) is 2. The fourth-order valence-corrected chi connectivity index (χ4v) is 3.65. The third kappa shape index (κ3) is 4.66. The summed E-state index contributed by atoms with van der Waals surface area (Å²) in [4.78, 5) is 38.1. The highest BCUT2D eigenvalue weighted by atomic mass is 35.5. The quantitative estimate of drug-likeness (QED) is 0.520. The molecule has 0 bridgehead atoms. The summed E-state index contributed by atoms with van der Waals surface area (Å²) in [5.41, 5.74) is 1.44. The molecule has 1 atom stereocenters. The zero-order valence-corrected chi connectivity index (χ0v) is 17.4. The summed E-state index contributed by atoms with van der Waals surface area (Å²) < 4.78 is 1.87. The zero-order chi connectivity index (χ0) is 21.8. The number of hydrogen-bond donors (Lipinski definition) is 2. The maximum absolute atomic E-state index is 12.6. The molecular formula is C21H21ClN6O3. The Hall–Kier alpha value is -3.46. The Balaban J connectivity index is 1.24. The van der Waals surface area contributed by atoms with Gasteiger partial charge in [0.1, 0.15) is 11.9 Å². The van der Waals surface area contributed by atoms with E-state index in [1.165, 1.54) is 0 Å². The number of nitrogens with zero attached hydrogens (tertiary/aromatic N) is 4. The van der Waals surface area contributed by atoms with Crippen LogP contribution in [0.4, 0.5) is 4.79 Å². The van der Waals surface area contributed by atoms with Crippen molar-refractivity contribution in [1.29, 1.82) is 0 Å². The fraction of sp³-hybridized carbons (Fsp3) is 0.286. The molecule has 2 aromatic heterocycles. The number of carbonyl (C=O) groups is 3. The van der Waals surface area contributed by atoms with Crippen molar-refractivity contribution < 1.29 is 14.4 Å². The van der Waals surface area contributed by atoms with Gasteiger partial charge < -0.3 is 10.6 Å². The van der Waals surface area contributed by atoms with Crippen molar-refractivity contribution in [2.75, 3.05) is 6.54 Å². The third-order valence-electron chi connectivity index (χ3n) is 5.11. The van der Waals surface area contributed by atoms with E-state index in [9.17, 15) is 14.4 Å². The molecule has 1 aromatic carbocycles. The van der Waals surface area contributed by atoms with E-state index in [0.29, 0.717) is 23.6 Å². The SMILES string of the molecule is O=C(CCC1NC(=O)N(Cc2ccccc2Cl)C1=O)NCCc1nnc2ccccn12. The van der Waals surface area contributed by atoms with Gasteiger partial charge in [0.2, 0.25) is 5.91 Å². The predicted molar refractivity (Wildman–Crippen MR) is 113 cm³/mol. The molecule has 0 radical (unpaired) electrons. The van der Waals surface area contributed by atoms with E-state index in [2.05, 4.69) is 20.8 Å². The van der Waals surface area contributed by atoms with Crippen LogP contribution in [0.5, 0.6) is 0 Å². The molecule has 1 fully saturated rings. The maximum Gasteiger partial charge on any atom is 0.325 e. The molecule has 3 aromatic rings. The average Bonchev–Trinajstić information content (AvgIpc) is 3.29. The minimum atomic E-state index is -0.721. The lowest BCUT2D eigenvalue weighted by atomic mass is 10.1. The highest BCUT2D eigenvalue weighted by molar-refractivity contribution is 6.31. The topological polar surface area (TPSA) is 109 Å². The van der Waals surface area contributed by atoms with Gasteiger partial charge in [-0.3, -0.25) is 18.9 Å². The van der Waals surface area contributed by atoms with Crippen molar-refractivity contribution in [3.63, 3.8) is 0 Å². The minimum Gasteiger partial charge on any atom is -0.356 e. The first-order valence-electron chi connectivity index (χ1n) is 9.93. The Morgan fingerprint density at radius 2 is 1.94 bits per heavy atom. The molecular weight excluding hydrogens is 420 g/mol. The molecule has 3 heterocycles. The van der Waals surface area contributed by atoms with Crippen LogP contribution in [0.2, 0.25) is 5.02 Å². The molecule has 0 aliphatic carbocycles. The third-order valence-corrected chi connectivity index (χ3v) is 5.48. The summed E-state index contributed by atoms with van der Waals surface area (Å²) in [6, 6.07) is 11.5. The standard InChI is InChI=1S/C21H21ClN6O3/c22-15-6-2-1-5-14(15)13-28-20(30)16(24-21(28)31)8-9-19(29)23-11-10-18-26-25-17-7-3-4-12-27(17)18/h1-7,12,16H,8-11,13H2,(H,23,29)(H,24,31). The van der Waals surface area contributed by atoms with Crippen LogP contribution in [0.15, 0.2) is 48.7 Å². The van der Waals surface area contributed by atoms with Gasteiger partial charge in [0.15, 0.2) is 5.65 Å². The normalized spacial score (nSPS) is 16.0. The van der Waals surface area contributed by atoms with Crippen LogP contribution in [0.1, 0.15) is 24.2 Å². The molecule has 4 rings (SSSR count). The number of amides is 4. The summed E-state index contributed by atoms with van der Waals surface area (Å²) >= 11 is 6.12. The highest BCUT2D eigenvalue weighted by Crippen LogP contribution is 2.20. The molecule has 0 saturated carbocycles. The Morgan fingerprint density at radius 3 is 2.77 bits per heavy atom. The molecule has 9 nitrogen and oxygen atoms in total. The van der Waals surface area contributed by atoms with Gasteiger partial charge in [0, 0.05) is 30.6 Å². The average molecular weight is 441 g/mol. The van der Waals surface area contributed by atoms with Crippen LogP contribution in [0.25, 0.3) is 5.65 Å². The van der Waals surface area contributed by atoms with Crippen molar-refractivity contribution in [2.24, 2.45) is 0 Å². The molecule has 31 heavy (non-hydrogen) atoms. The number of benzene rings is 1. The number of aromatic nitrogens is 3. The Morgan fingerprint density at radius 1 is 1.13 bits per heavy atom. The lowest BCUT2D eigenvalue weighted by Gasteiger charge is -2.14. The van der Waals surface area contributed by atoms with Gasteiger partial charge in [-0.1, -0.05) is 35.9 Å². The lowest BCUT2D eigenvalue weighted by Crippen LogP contribution is -2.33. The summed E-state index contributed by atoms with van der Waals surface area (Å²) in [5, 5.41) is 14.1. The van der Waals surface area contributed by atoms with Crippen LogP contribution >= 0.6 is 11.6 Å². The second-order valence-corrected chi connectivity index (χ2v) is 7.61. The molecule has 0 spiro atoms. The van der Waals surface area contributed by atoms with Crippen LogP contribution in [-0.2, 0) is 22.6 Å². The van der Waals surface area contributed by atoms with Crippen molar-refractivity contribution in [1.82, 2.24) is 30.1 Å². The second kappa shape index (κ2) is 9.13. The van der Waals surface area contributed by atoms with Crippen LogP contribution < -0.4 is 10.6 Å². The van der Waals surface area contributed by atoms with Gasteiger partial charge >= 0.3 is 6.03 Å². The number of hydrogen-bond acceptors (Lipinski definition) is 5. The lowest BCUT2D eigenvalue weighted by molar-refractivity contribution is -0.128. The minimum absolute atomic E-state index is 0.0966. The smallest absolute Gasteiger partial charge is 0.325 e. The van der Waals surface area contributed by atoms with Crippen LogP contribution in [0, 0.1) is 0 Å². The van der Waals surface area contributed by atoms with E-state index >= 15 is 0 Å². The molecule has 1 saturated heterocycles. The predicted octanol–water partition coefficient (Wildman–Crippen LogP) is 1.94. The molecule has 1 unspecified atom stereocenters.